The van der Waals surface area contributed by atoms with Gasteiger partial charge in [-0.2, -0.15) is 0 Å². The highest BCUT2D eigenvalue weighted by molar-refractivity contribution is 6.45. The molecule has 1 fully saturated rings. The number of hydrogen-bond acceptors (Lipinski definition) is 4. The van der Waals surface area contributed by atoms with E-state index in [4.69, 9.17) is 15.0 Å². The van der Waals surface area contributed by atoms with Gasteiger partial charge in [-0.25, -0.2) is 0 Å². The Labute approximate surface area is 139 Å². The summed E-state index contributed by atoms with van der Waals surface area (Å²) in [5.41, 5.74) is 9.02. The first-order valence-corrected chi connectivity index (χ1v) is 8.00. The maximum absolute atomic E-state index is 6.05. The van der Waals surface area contributed by atoms with Crippen LogP contribution in [0.2, 0.25) is 0 Å². The molecule has 0 atom stereocenters. The summed E-state index contributed by atoms with van der Waals surface area (Å²) in [6, 6.07) is 8.29. The number of nitrogens with zero attached hydrogens (tertiary/aromatic N) is 1. The second-order valence-electron chi connectivity index (χ2n) is 7.08. The van der Waals surface area contributed by atoms with Crippen LogP contribution in [-0.2, 0) is 15.6 Å². The molecule has 23 heavy (non-hydrogen) atoms. The molecule has 0 radical (unpaired) electrons. The molecule has 2 rings (SSSR count). The van der Waals surface area contributed by atoms with Gasteiger partial charge >= 0.3 is 7.12 Å². The van der Waals surface area contributed by atoms with Crippen LogP contribution in [0.3, 0.4) is 0 Å². The molecule has 1 aliphatic heterocycles. The fraction of sp³-hybridized carbons (Fsp3) is 0.500. The van der Waals surface area contributed by atoms with Crippen LogP contribution < -0.4 is 5.73 Å². The van der Waals surface area contributed by atoms with Gasteiger partial charge in [-0.05, 0) is 51.8 Å². The van der Waals surface area contributed by atoms with Crippen molar-refractivity contribution >= 4 is 12.8 Å². The molecule has 2 N–H and O–H groups in total. The fourth-order valence-corrected chi connectivity index (χ4v) is 2.55. The maximum atomic E-state index is 6.05. The van der Waals surface area contributed by atoms with Crippen LogP contribution in [-0.4, -0.2) is 31.1 Å². The normalized spacial score (nSPS) is 20.9. The second-order valence-corrected chi connectivity index (χ2v) is 7.08. The van der Waals surface area contributed by atoms with Crippen molar-refractivity contribution in [3.63, 3.8) is 0 Å². The van der Waals surface area contributed by atoms with Crippen molar-refractivity contribution < 1.29 is 9.31 Å². The Balaban J connectivity index is 2.09. The van der Waals surface area contributed by atoms with E-state index in [1.165, 1.54) is 5.56 Å². The average Bonchev–Trinajstić information content (AvgIpc) is 2.64. The van der Waals surface area contributed by atoms with E-state index in [1.807, 2.05) is 13.0 Å². The van der Waals surface area contributed by atoms with Gasteiger partial charge in [0.1, 0.15) is 0 Å². The molecule has 0 bridgehead atoms. The van der Waals surface area contributed by atoms with Crippen LogP contribution in [0.25, 0.3) is 0 Å². The molecule has 0 unspecified atom stereocenters. The lowest BCUT2D eigenvalue weighted by atomic mass is 9.80. The molecule has 0 aliphatic carbocycles. The van der Waals surface area contributed by atoms with Crippen molar-refractivity contribution in [2.45, 2.75) is 52.1 Å². The molecule has 124 valence electrons. The summed E-state index contributed by atoms with van der Waals surface area (Å²) in [7, 11) is 1.56. The molecule has 1 aromatic carbocycles. The molecule has 0 saturated carbocycles. The van der Waals surface area contributed by atoms with E-state index in [0.29, 0.717) is 0 Å². The minimum Gasteiger partial charge on any atom is -0.403 e. The number of nitrogens with two attached hydrogens (primary N) is 1. The zero-order chi connectivity index (χ0) is 17.3. The maximum Gasteiger partial charge on any atom is 0.462 e. The Kier molecular flexibility index (Phi) is 5.02. The van der Waals surface area contributed by atoms with E-state index >= 15 is 0 Å². The van der Waals surface area contributed by atoms with Gasteiger partial charge in [0, 0.05) is 19.1 Å². The number of rotatable bonds is 4. The molecule has 1 aromatic rings. The Morgan fingerprint density at radius 1 is 1.13 bits per heavy atom. The topological polar surface area (TPSA) is 56.8 Å². The highest BCUT2D eigenvalue weighted by Crippen LogP contribution is 2.37. The molecule has 0 amide bonds. The molecule has 1 saturated heterocycles. The first-order chi connectivity index (χ1) is 10.6. The molecule has 0 aromatic heterocycles. The summed E-state index contributed by atoms with van der Waals surface area (Å²) in [6.45, 7) is 10.1. The third-order valence-corrected chi connectivity index (χ3v) is 4.56. The van der Waals surface area contributed by atoms with Crippen LogP contribution in [0.15, 0.2) is 41.0 Å². The van der Waals surface area contributed by atoms with E-state index in [-0.39, 0.29) is 18.3 Å². The second kappa shape index (κ2) is 6.50. The fourth-order valence-electron chi connectivity index (χ4n) is 2.55. The Morgan fingerprint density at radius 2 is 1.65 bits per heavy atom. The van der Waals surface area contributed by atoms with Gasteiger partial charge in [0.25, 0.3) is 0 Å². The van der Waals surface area contributed by atoms with Crippen molar-refractivity contribution in [1.82, 2.24) is 0 Å². The molecule has 5 heteroatoms. The third kappa shape index (κ3) is 4.04. The van der Waals surface area contributed by atoms with Gasteiger partial charge in [-0.1, -0.05) is 24.3 Å². The van der Waals surface area contributed by atoms with Crippen molar-refractivity contribution in [3.05, 3.63) is 47.2 Å². The highest BCUT2D eigenvalue weighted by atomic mass is 16.7. The first kappa shape index (κ1) is 17.8. The highest BCUT2D eigenvalue weighted by Gasteiger charge is 2.50. The molecular formula is C18H27BN2O2. The summed E-state index contributed by atoms with van der Waals surface area (Å²) in [5, 5.41) is 0. The van der Waals surface area contributed by atoms with Gasteiger partial charge < -0.3 is 15.0 Å². The zero-order valence-corrected chi connectivity index (χ0v) is 15.0. The molecular weight excluding hydrogens is 287 g/mol. The molecule has 0 spiro atoms. The minimum absolute atomic E-state index is 0.212. The van der Waals surface area contributed by atoms with Gasteiger partial charge in [0.05, 0.1) is 16.9 Å². The van der Waals surface area contributed by atoms with Crippen LogP contribution in [0, 0.1) is 0 Å². The van der Waals surface area contributed by atoms with Crippen LogP contribution in [0.4, 0.5) is 0 Å². The molecule has 1 heterocycles. The van der Waals surface area contributed by atoms with Crippen molar-refractivity contribution in [2.75, 3.05) is 7.05 Å². The Morgan fingerprint density at radius 3 is 2.09 bits per heavy atom. The predicted octanol–water partition coefficient (Wildman–Crippen LogP) is 3.14. The van der Waals surface area contributed by atoms with Crippen LogP contribution >= 0.6 is 0 Å². The standard InChI is InChI=1S/C18H27BN2O2/c1-13(20)11-16(21-6)15-9-7-14(8-10-15)12-19-22-17(2,3)18(4,5)23-19/h7-11H,12,20H2,1-6H3/b13-11-,21-16?. The van der Waals surface area contributed by atoms with E-state index in [2.05, 4.69) is 57.0 Å². The number of aliphatic imine (C=N–C) groups is 1. The van der Waals surface area contributed by atoms with Crippen LogP contribution in [0.5, 0.6) is 0 Å². The first-order valence-electron chi connectivity index (χ1n) is 8.00. The average molecular weight is 314 g/mol. The molecule has 4 nitrogen and oxygen atoms in total. The number of benzene rings is 1. The predicted molar refractivity (Wildman–Crippen MR) is 96.6 cm³/mol. The minimum atomic E-state index is -0.289. The summed E-state index contributed by atoms with van der Waals surface area (Å²) in [4.78, 5) is 4.28. The largest absolute Gasteiger partial charge is 0.462 e. The van der Waals surface area contributed by atoms with Gasteiger partial charge in [-0.15, -0.1) is 0 Å². The quantitative estimate of drug-likeness (QED) is 0.686. The lowest BCUT2D eigenvalue weighted by molar-refractivity contribution is 0.00578. The zero-order valence-electron chi connectivity index (χ0n) is 15.0. The number of allylic oxidation sites excluding steroid dienone is 2. The van der Waals surface area contributed by atoms with Crippen LogP contribution in [0.1, 0.15) is 45.7 Å². The van der Waals surface area contributed by atoms with E-state index < -0.39 is 0 Å². The van der Waals surface area contributed by atoms with E-state index in [9.17, 15) is 0 Å². The number of hydrogen-bond donors (Lipinski definition) is 1. The molecule has 1 aliphatic rings. The van der Waals surface area contributed by atoms with Gasteiger partial charge in [0.15, 0.2) is 0 Å². The van der Waals surface area contributed by atoms with Crippen molar-refractivity contribution in [2.24, 2.45) is 10.7 Å². The Hall–Kier alpha value is -1.59. The summed E-state index contributed by atoms with van der Waals surface area (Å²) in [6.07, 6.45) is 2.61. The van der Waals surface area contributed by atoms with E-state index in [1.54, 1.807) is 7.05 Å². The monoisotopic (exact) mass is 314 g/mol. The summed E-state index contributed by atoms with van der Waals surface area (Å²) < 4.78 is 12.1. The van der Waals surface area contributed by atoms with Gasteiger partial charge in [-0.3, -0.25) is 4.99 Å². The van der Waals surface area contributed by atoms with Crippen molar-refractivity contribution in [1.29, 1.82) is 0 Å². The Bertz CT molecular complexity index is 598. The smallest absolute Gasteiger partial charge is 0.403 e. The summed E-state index contributed by atoms with van der Waals surface area (Å²) in [5.74, 6) is 0. The lowest BCUT2D eigenvalue weighted by Crippen LogP contribution is -2.41. The lowest BCUT2D eigenvalue weighted by Gasteiger charge is -2.32. The SMILES string of the molecule is CN=C(/C=C(/C)N)c1ccc(CB2OC(C)(C)C(C)(C)O2)cc1. The summed E-state index contributed by atoms with van der Waals surface area (Å²) >= 11 is 0. The van der Waals surface area contributed by atoms with E-state index in [0.717, 1.165) is 23.3 Å². The third-order valence-electron chi connectivity index (χ3n) is 4.56. The van der Waals surface area contributed by atoms with Crippen molar-refractivity contribution in [3.8, 4) is 0 Å². The van der Waals surface area contributed by atoms with Gasteiger partial charge in [0.2, 0.25) is 0 Å².